The molecular weight excluding hydrogens is 176 g/mol. The molecule has 0 aliphatic carbocycles. The Morgan fingerprint density at radius 1 is 1.43 bits per heavy atom. The fourth-order valence-corrected chi connectivity index (χ4v) is 2.17. The van der Waals surface area contributed by atoms with Gasteiger partial charge in [-0.05, 0) is 44.9 Å². The minimum Gasteiger partial charge on any atom is -0.393 e. The molecule has 0 saturated carbocycles. The second-order valence-electron chi connectivity index (χ2n) is 4.57. The van der Waals surface area contributed by atoms with Gasteiger partial charge in [-0.25, -0.2) is 0 Å². The van der Waals surface area contributed by atoms with Crippen LogP contribution in [0.3, 0.4) is 0 Å². The molecular formula is C12H24O2. The van der Waals surface area contributed by atoms with Crippen molar-refractivity contribution in [1.29, 1.82) is 0 Å². The summed E-state index contributed by atoms with van der Waals surface area (Å²) in [5, 5.41) is 9.23. The van der Waals surface area contributed by atoms with E-state index in [2.05, 4.69) is 6.92 Å². The van der Waals surface area contributed by atoms with Crippen LogP contribution in [0, 0.1) is 5.92 Å². The zero-order chi connectivity index (χ0) is 10.4. The van der Waals surface area contributed by atoms with Crippen molar-refractivity contribution in [2.24, 2.45) is 5.92 Å². The van der Waals surface area contributed by atoms with Crippen LogP contribution in [-0.2, 0) is 4.74 Å². The van der Waals surface area contributed by atoms with Gasteiger partial charge in [0.05, 0.1) is 12.2 Å². The number of aliphatic hydroxyl groups is 1. The second-order valence-corrected chi connectivity index (χ2v) is 4.57. The number of hydrogen-bond donors (Lipinski definition) is 1. The lowest BCUT2D eigenvalue weighted by atomic mass is 9.92. The van der Waals surface area contributed by atoms with Crippen molar-refractivity contribution in [2.45, 2.75) is 64.6 Å². The van der Waals surface area contributed by atoms with E-state index in [-0.39, 0.29) is 6.10 Å². The molecule has 1 fully saturated rings. The molecule has 0 spiro atoms. The zero-order valence-corrected chi connectivity index (χ0v) is 9.54. The molecule has 0 aromatic heterocycles. The maximum Gasteiger partial charge on any atom is 0.0578 e. The highest BCUT2D eigenvalue weighted by Gasteiger charge is 2.19. The van der Waals surface area contributed by atoms with Crippen molar-refractivity contribution in [2.75, 3.05) is 6.61 Å². The Balaban J connectivity index is 2.16. The average molecular weight is 200 g/mol. The normalized spacial score (nSPS) is 26.4. The Morgan fingerprint density at radius 3 is 2.71 bits per heavy atom. The molecule has 1 aliphatic rings. The van der Waals surface area contributed by atoms with Gasteiger partial charge < -0.3 is 9.84 Å². The quantitative estimate of drug-likeness (QED) is 0.714. The monoisotopic (exact) mass is 200 g/mol. The van der Waals surface area contributed by atoms with Gasteiger partial charge in [-0.3, -0.25) is 0 Å². The Kier molecular flexibility index (Phi) is 5.49. The van der Waals surface area contributed by atoms with Gasteiger partial charge in [-0.1, -0.05) is 13.3 Å². The van der Waals surface area contributed by atoms with Crippen LogP contribution in [0.15, 0.2) is 0 Å². The zero-order valence-electron chi connectivity index (χ0n) is 9.54. The van der Waals surface area contributed by atoms with Gasteiger partial charge in [0.1, 0.15) is 0 Å². The van der Waals surface area contributed by atoms with E-state index in [0.717, 1.165) is 25.4 Å². The summed E-state index contributed by atoms with van der Waals surface area (Å²) < 4.78 is 5.63. The molecule has 2 heteroatoms. The molecule has 84 valence electrons. The minimum absolute atomic E-state index is 0.145. The molecule has 3 atom stereocenters. The smallest absolute Gasteiger partial charge is 0.0578 e. The highest BCUT2D eigenvalue weighted by atomic mass is 16.5. The first-order chi connectivity index (χ1) is 6.72. The fourth-order valence-electron chi connectivity index (χ4n) is 2.17. The lowest BCUT2D eigenvalue weighted by Gasteiger charge is -2.19. The van der Waals surface area contributed by atoms with Gasteiger partial charge in [-0.2, -0.15) is 0 Å². The molecule has 0 unspecified atom stereocenters. The largest absolute Gasteiger partial charge is 0.393 e. The predicted octanol–water partition coefficient (Wildman–Crippen LogP) is 2.74. The van der Waals surface area contributed by atoms with Crippen LogP contribution >= 0.6 is 0 Å². The fraction of sp³-hybridized carbons (Fsp3) is 1.00. The van der Waals surface area contributed by atoms with Crippen molar-refractivity contribution >= 4 is 0 Å². The van der Waals surface area contributed by atoms with E-state index in [1.165, 1.54) is 25.7 Å². The maximum atomic E-state index is 9.23. The third-order valence-electron chi connectivity index (χ3n) is 3.19. The van der Waals surface area contributed by atoms with Gasteiger partial charge >= 0.3 is 0 Å². The average Bonchev–Trinajstić information content (AvgIpc) is 2.64. The third-order valence-corrected chi connectivity index (χ3v) is 3.19. The summed E-state index contributed by atoms with van der Waals surface area (Å²) >= 11 is 0. The van der Waals surface area contributed by atoms with Gasteiger partial charge in [0.25, 0.3) is 0 Å². The standard InChI is InChI=1S/C12H24O2/c1-3-11(7-6-10(2)13)9-12-5-4-8-14-12/h10-13H,3-9H2,1-2H3/t10-,11+,12+/m0/s1. The Bertz CT molecular complexity index is 139. The van der Waals surface area contributed by atoms with Crippen LogP contribution in [0.5, 0.6) is 0 Å². The van der Waals surface area contributed by atoms with Crippen molar-refractivity contribution in [3.8, 4) is 0 Å². The third kappa shape index (κ3) is 4.43. The molecule has 1 N–H and O–H groups in total. The first kappa shape index (κ1) is 12.0. The van der Waals surface area contributed by atoms with E-state index in [9.17, 15) is 5.11 Å². The van der Waals surface area contributed by atoms with Crippen LogP contribution in [0.25, 0.3) is 0 Å². The summed E-state index contributed by atoms with van der Waals surface area (Å²) in [5.41, 5.74) is 0. The second kappa shape index (κ2) is 6.41. The summed E-state index contributed by atoms with van der Waals surface area (Å²) in [6, 6.07) is 0. The number of ether oxygens (including phenoxy) is 1. The molecule has 1 rings (SSSR count). The summed E-state index contributed by atoms with van der Waals surface area (Å²) in [4.78, 5) is 0. The lowest BCUT2D eigenvalue weighted by molar-refractivity contribution is 0.0835. The summed E-state index contributed by atoms with van der Waals surface area (Å²) in [6.45, 7) is 5.07. The minimum atomic E-state index is -0.145. The Hall–Kier alpha value is -0.0800. The van der Waals surface area contributed by atoms with E-state index in [0.29, 0.717) is 6.10 Å². The van der Waals surface area contributed by atoms with Crippen molar-refractivity contribution < 1.29 is 9.84 Å². The Morgan fingerprint density at radius 2 is 2.21 bits per heavy atom. The number of rotatable bonds is 6. The molecule has 0 amide bonds. The highest BCUT2D eigenvalue weighted by Crippen LogP contribution is 2.25. The van der Waals surface area contributed by atoms with E-state index < -0.39 is 0 Å². The number of hydrogen-bond acceptors (Lipinski definition) is 2. The molecule has 1 aliphatic heterocycles. The van der Waals surface area contributed by atoms with Crippen molar-refractivity contribution in [3.05, 3.63) is 0 Å². The van der Waals surface area contributed by atoms with Crippen LogP contribution in [0.2, 0.25) is 0 Å². The molecule has 0 radical (unpaired) electrons. The van der Waals surface area contributed by atoms with Crippen molar-refractivity contribution in [3.63, 3.8) is 0 Å². The predicted molar refractivity (Wildman–Crippen MR) is 58.3 cm³/mol. The van der Waals surface area contributed by atoms with Crippen LogP contribution in [0.1, 0.15) is 52.4 Å². The van der Waals surface area contributed by atoms with Crippen LogP contribution in [0.4, 0.5) is 0 Å². The lowest BCUT2D eigenvalue weighted by Crippen LogP contribution is -2.14. The van der Waals surface area contributed by atoms with E-state index in [1.54, 1.807) is 0 Å². The summed E-state index contributed by atoms with van der Waals surface area (Å²) in [5.74, 6) is 0.743. The summed E-state index contributed by atoms with van der Waals surface area (Å²) in [6.07, 6.45) is 7.33. The van der Waals surface area contributed by atoms with Crippen molar-refractivity contribution in [1.82, 2.24) is 0 Å². The molecule has 2 nitrogen and oxygen atoms in total. The SMILES string of the molecule is CC[C@H](CC[C@H](C)O)C[C@H]1CCCO1. The van der Waals surface area contributed by atoms with Gasteiger partial charge in [0.15, 0.2) is 0 Å². The van der Waals surface area contributed by atoms with Crippen LogP contribution < -0.4 is 0 Å². The van der Waals surface area contributed by atoms with Gasteiger partial charge in [0, 0.05) is 6.61 Å². The van der Waals surface area contributed by atoms with E-state index in [1.807, 2.05) is 6.92 Å². The first-order valence-corrected chi connectivity index (χ1v) is 6.02. The topological polar surface area (TPSA) is 29.5 Å². The summed E-state index contributed by atoms with van der Waals surface area (Å²) in [7, 11) is 0. The Labute approximate surface area is 87.7 Å². The molecule has 0 bridgehead atoms. The highest BCUT2D eigenvalue weighted by molar-refractivity contribution is 4.70. The maximum absolute atomic E-state index is 9.23. The molecule has 0 aromatic carbocycles. The van der Waals surface area contributed by atoms with E-state index in [4.69, 9.17) is 4.74 Å². The molecule has 1 heterocycles. The molecule has 14 heavy (non-hydrogen) atoms. The van der Waals surface area contributed by atoms with Gasteiger partial charge in [0.2, 0.25) is 0 Å². The first-order valence-electron chi connectivity index (χ1n) is 6.02. The molecule has 0 aromatic rings. The van der Waals surface area contributed by atoms with E-state index >= 15 is 0 Å². The van der Waals surface area contributed by atoms with Gasteiger partial charge in [-0.15, -0.1) is 0 Å². The number of aliphatic hydroxyl groups excluding tert-OH is 1. The van der Waals surface area contributed by atoms with Crippen LogP contribution in [-0.4, -0.2) is 23.9 Å². The molecule has 1 saturated heterocycles.